The van der Waals surface area contributed by atoms with Crippen LogP contribution in [0, 0.1) is 0 Å². The van der Waals surface area contributed by atoms with Gasteiger partial charge >= 0.3 is 0 Å². The SMILES string of the molecule is CCN(CC)CCc1ncccc1C(N)=O. The summed E-state index contributed by atoms with van der Waals surface area (Å²) < 4.78 is 0. The number of hydrogen-bond donors (Lipinski definition) is 1. The van der Waals surface area contributed by atoms with Crippen molar-refractivity contribution in [1.82, 2.24) is 9.88 Å². The van der Waals surface area contributed by atoms with Crippen LogP contribution in [0.25, 0.3) is 0 Å². The van der Waals surface area contributed by atoms with Crippen molar-refractivity contribution >= 4 is 5.91 Å². The van der Waals surface area contributed by atoms with Crippen LogP contribution in [-0.2, 0) is 6.42 Å². The fourth-order valence-corrected chi connectivity index (χ4v) is 1.67. The molecule has 4 nitrogen and oxygen atoms in total. The molecule has 0 aliphatic heterocycles. The van der Waals surface area contributed by atoms with Crippen molar-refractivity contribution in [2.45, 2.75) is 20.3 Å². The molecule has 0 saturated heterocycles. The molecular weight excluding hydrogens is 202 g/mol. The molecule has 16 heavy (non-hydrogen) atoms. The van der Waals surface area contributed by atoms with Gasteiger partial charge in [-0.2, -0.15) is 0 Å². The van der Waals surface area contributed by atoms with E-state index in [1.807, 2.05) is 0 Å². The van der Waals surface area contributed by atoms with E-state index < -0.39 is 5.91 Å². The minimum absolute atomic E-state index is 0.400. The lowest BCUT2D eigenvalue weighted by atomic mass is 10.1. The van der Waals surface area contributed by atoms with Crippen LogP contribution >= 0.6 is 0 Å². The molecule has 88 valence electrons. The number of nitrogens with zero attached hydrogens (tertiary/aromatic N) is 2. The van der Waals surface area contributed by atoms with Crippen molar-refractivity contribution in [3.05, 3.63) is 29.6 Å². The first kappa shape index (κ1) is 12.6. The van der Waals surface area contributed by atoms with Gasteiger partial charge in [-0.05, 0) is 25.2 Å². The lowest BCUT2D eigenvalue weighted by Crippen LogP contribution is -2.26. The van der Waals surface area contributed by atoms with Crippen molar-refractivity contribution in [2.24, 2.45) is 5.73 Å². The molecule has 0 aromatic carbocycles. The summed E-state index contributed by atoms with van der Waals surface area (Å²) in [6, 6.07) is 3.47. The van der Waals surface area contributed by atoms with Gasteiger partial charge in [-0.1, -0.05) is 13.8 Å². The van der Waals surface area contributed by atoms with Crippen LogP contribution in [-0.4, -0.2) is 35.4 Å². The first-order valence-electron chi connectivity index (χ1n) is 5.65. The van der Waals surface area contributed by atoms with Gasteiger partial charge in [-0.25, -0.2) is 0 Å². The van der Waals surface area contributed by atoms with Gasteiger partial charge in [0, 0.05) is 19.2 Å². The van der Waals surface area contributed by atoms with Gasteiger partial charge in [0.05, 0.1) is 11.3 Å². The molecule has 1 amide bonds. The number of carbonyl (C=O) groups excluding carboxylic acids is 1. The zero-order valence-corrected chi connectivity index (χ0v) is 9.94. The second-order valence-electron chi connectivity index (χ2n) is 3.64. The Bertz CT molecular complexity index is 348. The van der Waals surface area contributed by atoms with Crippen LogP contribution in [0.5, 0.6) is 0 Å². The maximum atomic E-state index is 11.2. The van der Waals surface area contributed by atoms with E-state index in [9.17, 15) is 4.79 Å². The Hall–Kier alpha value is -1.42. The number of hydrogen-bond acceptors (Lipinski definition) is 3. The molecule has 1 heterocycles. The van der Waals surface area contributed by atoms with Crippen LogP contribution in [0.1, 0.15) is 29.9 Å². The van der Waals surface area contributed by atoms with E-state index in [-0.39, 0.29) is 0 Å². The van der Waals surface area contributed by atoms with E-state index >= 15 is 0 Å². The minimum Gasteiger partial charge on any atom is -0.366 e. The topological polar surface area (TPSA) is 59.2 Å². The lowest BCUT2D eigenvalue weighted by molar-refractivity contribution is 0.0999. The molecule has 0 bridgehead atoms. The number of likely N-dealkylation sites (N-methyl/N-ethyl adjacent to an activating group) is 1. The molecule has 1 aromatic rings. The first-order chi connectivity index (χ1) is 7.69. The van der Waals surface area contributed by atoms with Crippen LogP contribution in [0.3, 0.4) is 0 Å². The third kappa shape index (κ3) is 3.31. The Morgan fingerprint density at radius 3 is 2.69 bits per heavy atom. The molecular formula is C12H19N3O. The molecule has 0 unspecified atom stereocenters. The number of nitrogens with two attached hydrogens (primary N) is 1. The van der Waals surface area contributed by atoms with Crippen LogP contribution < -0.4 is 5.73 Å². The summed E-state index contributed by atoms with van der Waals surface area (Å²) in [5, 5.41) is 0. The molecule has 1 aromatic heterocycles. The molecule has 2 N–H and O–H groups in total. The lowest BCUT2D eigenvalue weighted by Gasteiger charge is -2.17. The summed E-state index contributed by atoms with van der Waals surface area (Å²) in [5.41, 5.74) is 6.62. The second-order valence-corrected chi connectivity index (χ2v) is 3.64. The van der Waals surface area contributed by atoms with Gasteiger partial charge in [0.2, 0.25) is 0 Å². The normalized spacial score (nSPS) is 10.7. The number of aromatic nitrogens is 1. The fraction of sp³-hybridized carbons (Fsp3) is 0.500. The molecule has 0 atom stereocenters. The highest BCUT2D eigenvalue weighted by molar-refractivity contribution is 5.93. The van der Waals surface area contributed by atoms with E-state index in [1.165, 1.54) is 0 Å². The quantitative estimate of drug-likeness (QED) is 0.781. The molecule has 0 spiro atoms. The number of primary amides is 1. The standard InChI is InChI=1S/C12H19N3O/c1-3-15(4-2)9-7-11-10(12(13)16)6-5-8-14-11/h5-6,8H,3-4,7,9H2,1-2H3,(H2,13,16). The van der Waals surface area contributed by atoms with Gasteiger partial charge in [0.15, 0.2) is 0 Å². The van der Waals surface area contributed by atoms with Gasteiger partial charge in [-0.15, -0.1) is 0 Å². The summed E-state index contributed by atoms with van der Waals surface area (Å²) in [6.45, 7) is 7.17. The average Bonchev–Trinajstić information content (AvgIpc) is 2.30. The van der Waals surface area contributed by atoms with E-state index in [4.69, 9.17) is 5.73 Å². The second kappa shape index (κ2) is 6.23. The molecule has 0 fully saturated rings. The number of carbonyl (C=O) groups is 1. The molecule has 0 aliphatic carbocycles. The Labute approximate surface area is 96.5 Å². The third-order valence-electron chi connectivity index (χ3n) is 2.71. The Kier molecular flexibility index (Phi) is 4.92. The van der Waals surface area contributed by atoms with Crippen molar-refractivity contribution < 1.29 is 4.79 Å². The van der Waals surface area contributed by atoms with Gasteiger partial charge in [0.25, 0.3) is 5.91 Å². The molecule has 0 radical (unpaired) electrons. The average molecular weight is 221 g/mol. The van der Waals surface area contributed by atoms with E-state index in [1.54, 1.807) is 18.3 Å². The summed E-state index contributed by atoms with van der Waals surface area (Å²) in [7, 11) is 0. The van der Waals surface area contributed by atoms with Gasteiger partial charge in [-0.3, -0.25) is 9.78 Å². The largest absolute Gasteiger partial charge is 0.366 e. The summed E-state index contributed by atoms with van der Waals surface area (Å²) >= 11 is 0. The number of amides is 1. The van der Waals surface area contributed by atoms with Crippen molar-refractivity contribution in [3.63, 3.8) is 0 Å². The predicted octanol–water partition coefficient (Wildman–Crippen LogP) is 1.06. The van der Waals surface area contributed by atoms with E-state index in [0.29, 0.717) is 5.56 Å². The van der Waals surface area contributed by atoms with Crippen LogP contribution in [0.15, 0.2) is 18.3 Å². The number of pyridine rings is 1. The van der Waals surface area contributed by atoms with Crippen molar-refractivity contribution in [1.29, 1.82) is 0 Å². The van der Waals surface area contributed by atoms with Crippen molar-refractivity contribution in [2.75, 3.05) is 19.6 Å². The zero-order valence-electron chi connectivity index (χ0n) is 9.94. The van der Waals surface area contributed by atoms with Gasteiger partial charge in [0.1, 0.15) is 0 Å². The molecule has 4 heteroatoms. The summed E-state index contributed by atoms with van der Waals surface area (Å²) in [5.74, 6) is -0.400. The highest BCUT2D eigenvalue weighted by atomic mass is 16.1. The monoisotopic (exact) mass is 221 g/mol. The van der Waals surface area contributed by atoms with Crippen LogP contribution in [0.4, 0.5) is 0 Å². The smallest absolute Gasteiger partial charge is 0.250 e. The highest BCUT2D eigenvalue weighted by Gasteiger charge is 2.09. The Morgan fingerprint density at radius 1 is 1.44 bits per heavy atom. The molecule has 0 aliphatic rings. The number of rotatable bonds is 6. The maximum Gasteiger partial charge on any atom is 0.250 e. The highest BCUT2D eigenvalue weighted by Crippen LogP contribution is 2.06. The summed E-state index contributed by atoms with van der Waals surface area (Å²) in [4.78, 5) is 17.7. The fourth-order valence-electron chi connectivity index (χ4n) is 1.67. The maximum absolute atomic E-state index is 11.2. The van der Waals surface area contributed by atoms with Crippen LogP contribution in [0.2, 0.25) is 0 Å². The van der Waals surface area contributed by atoms with E-state index in [2.05, 4.69) is 23.7 Å². The third-order valence-corrected chi connectivity index (χ3v) is 2.71. The molecule has 0 saturated carbocycles. The van der Waals surface area contributed by atoms with Gasteiger partial charge < -0.3 is 10.6 Å². The molecule has 1 rings (SSSR count). The Balaban J connectivity index is 2.69. The minimum atomic E-state index is -0.400. The zero-order chi connectivity index (χ0) is 12.0. The predicted molar refractivity (Wildman–Crippen MR) is 64.2 cm³/mol. The van der Waals surface area contributed by atoms with E-state index in [0.717, 1.165) is 31.7 Å². The van der Waals surface area contributed by atoms with Crippen molar-refractivity contribution in [3.8, 4) is 0 Å². The Morgan fingerprint density at radius 2 is 2.12 bits per heavy atom. The first-order valence-corrected chi connectivity index (χ1v) is 5.65. The summed E-state index contributed by atoms with van der Waals surface area (Å²) in [6.07, 6.45) is 2.46.